The Kier molecular flexibility index (Phi) is 6.37. The van der Waals surface area contributed by atoms with Crippen LogP contribution in [0.25, 0.3) is 0 Å². The van der Waals surface area contributed by atoms with Crippen molar-refractivity contribution in [1.29, 1.82) is 0 Å². The number of benzene rings is 1. The van der Waals surface area contributed by atoms with E-state index in [4.69, 9.17) is 4.74 Å². The minimum absolute atomic E-state index is 0.0476. The highest BCUT2D eigenvalue weighted by atomic mass is 32.1. The van der Waals surface area contributed by atoms with Gasteiger partial charge in [0.2, 0.25) is 5.91 Å². The number of rotatable bonds is 7. The predicted molar refractivity (Wildman–Crippen MR) is 95.4 cm³/mol. The van der Waals surface area contributed by atoms with Crippen molar-refractivity contribution >= 4 is 23.2 Å². The topological polar surface area (TPSA) is 67.4 Å². The summed E-state index contributed by atoms with van der Waals surface area (Å²) < 4.78 is 5.16. The van der Waals surface area contributed by atoms with Gasteiger partial charge in [0.05, 0.1) is 19.7 Å². The SMILES string of the molecule is COc1ccc(C(NC(=O)CNC(=O)c2ccsc2)C(C)C)cc1. The average molecular weight is 346 g/mol. The molecular weight excluding hydrogens is 324 g/mol. The molecule has 2 aromatic rings. The van der Waals surface area contributed by atoms with Crippen molar-refractivity contribution in [3.8, 4) is 5.75 Å². The van der Waals surface area contributed by atoms with Crippen LogP contribution in [-0.2, 0) is 4.79 Å². The van der Waals surface area contributed by atoms with E-state index in [1.165, 1.54) is 11.3 Å². The van der Waals surface area contributed by atoms with Crippen LogP contribution in [0, 0.1) is 5.92 Å². The lowest BCUT2D eigenvalue weighted by Gasteiger charge is -2.23. The van der Waals surface area contributed by atoms with E-state index < -0.39 is 0 Å². The van der Waals surface area contributed by atoms with Gasteiger partial charge in [-0.2, -0.15) is 11.3 Å². The lowest BCUT2D eigenvalue weighted by molar-refractivity contribution is -0.121. The van der Waals surface area contributed by atoms with Crippen LogP contribution in [0.5, 0.6) is 5.75 Å². The molecule has 24 heavy (non-hydrogen) atoms. The zero-order valence-electron chi connectivity index (χ0n) is 14.0. The van der Waals surface area contributed by atoms with E-state index >= 15 is 0 Å². The third-order valence-electron chi connectivity index (χ3n) is 3.65. The molecule has 2 amide bonds. The Balaban J connectivity index is 1.94. The molecule has 0 bridgehead atoms. The first kappa shape index (κ1) is 18.0. The summed E-state index contributed by atoms with van der Waals surface area (Å²) in [6.07, 6.45) is 0. The molecule has 0 spiro atoms. The van der Waals surface area contributed by atoms with Crippen molar-refractivity contribution in [2.24, 2.45) is 5.92 Å². The van der Waals surface area contributed by atoms with Crippen molar-refractivity contribution in [2.45, 2.75) is 19.9 Å². The Morgan fingerprint density at radius 2 is 1.88 bits per heavy atom. The zero-order chi connectivity index (χ0) is 17.5. The fourth-order valence-corrected chi connectivity index (χ4v) is 2.96. The van der Waals surface area contributed by atoms with Gasteiger partial charge in [0.1, 0.15) is 5.75 Å². The van der Waals surface area contributed by atoms with Gasteiger partial charge in [-0.15, -0.1) is 0 Å². The van der Waals surface area contributed by atoms with Gasteiger partial charge in [0.25, 0.3) is 5.91 Å². The van der Waals surface area contributed by atoms with Gasteiger partial charge in [-0.3, -0.25) is 9.59 Å². The van der Waals surface area contributed by atoms with E-state index in [9.17, 15) is 9.59 Å². The first-order valence-corrected chi connectivity index (χ1v) is 8.69. The molecule has 2 rings (SSSR count). The minimum Gasteiger partial charge on any atom is -0.497 e. The Hall–Kier alpha value is -2.34. The summed E-state index contributed by atoms with van der Waals surface area (Å²) in [5, 5.41) is 9.19. The van der Waals surface area contributed by atoms with E-state index in [-0.39, 0.29) is 30.3 Å². The molecule has 1 atom stereocenters. The first-order chi connectivity index (χ1) is 11.5. The Morgan fingerprint density at radius 1 is 1.17 bits per heavy atom. The molecular formula is C18H22N2O3S. The zero-order valence-corrected chi connectivity index (χ0v) is 14.9. The van der Waals surface area contributed by atoms with Gasteiger partial charge in [-0.05, 0) is 35.1 Å². The van der Waals surface area contributed by atoms with Gasteiger partial charge >= 0.3 is 0 Å². The number of ether oxygens (including phenoxy) is 1. The lowest BCUT2D eigenvalue weighted by atomic mass is 9.96. The lowest BCUT2D eigenvalue weighted by Crippen LogP contribution is -2.40. The molecule has 0 saturated carbocycles. The number of thiophene rings is 1. The van der Waals surface area contributed by atoms with Crippen molar-refractivity contribution in [2.75, 3.05) is 13.7 Å². The maximum Gasteiger partial charge on any atom is 0.252 e. The van der Waals surface area contributed by atoms with Gasteiger partial charge in [0, 0.05) is 10.9 Å². The van der Waals surface area contributed by atoms with E-state index in [0.29, 0.717) is 5.56 Å². The second kappa shape index (κ2) is 8.49. The van der Waals surface area contributed by atoms with Crippen molar-refractivity contribution < 1.29 is 14.3 Å². The largest absolute Gasteiger partial charge is 0.497 e. The summed E-state index contributed by atoms with van der Waals surface area (Å²) in [6.45, 7) is 4.03. The molecule has 1 unspecified atom stereocenters. The number of hydrogen-bond donors (Lipinski definition) is 2. The monoisotopic (exact) mass is 346 g/mol. The second-order valence-electron chi connectivity index (χ2n) is 5.76. The van der Waals surface area contributed by atoms with Crippen molar-refractivity contribution in [3.63, 3.8) is 0 Å². The molecule has 128 valence electrons. The van der Waals surface area contributed by atoms with Crippen LogP contribution in [-0.4, -0.2) is 25.5 Å². The van der Waals surface area contributed by atoms with Gasteiger partial charge in [0.15, 0.2) is 0 Å². The number of amides is 2. The third-order valence-corrected chi connectivity index (χ3v) is 4.33. The standard InChI is InChI=1S/C18H22N2O3S/c1-12(2)17(13-4-6-15(23-3)7-5-13)20-16(21)10-19-18(22)14-8-9-24-11-14/h4-9,11-12,17H,10H2,1-3H3,(H,19,22)(H,20,21). The molecule has 5 nitrogen and oxygen atoms in total. The molecule has 0 radical (unpaired) electrons. The fraction of sp³-hybridized carbons (Fsp3) is 0.333. The maximum absolute atomic E-state index is 12.2. The van der Waals surface area contributed by atoms with Crippen LogP contribution >= 0.6 is 11.3 Å². The molecule has 0 saturated heterocycles. The summed E-state index contributed by atoms with van der Waals surface area (Å²) >= 11 is 1.45. The fourth-order valence-electron chi connectivity index (χ4n) is 2.33. The van der Waals surface area contributed by atoms with E-state index in [1.807, 2.05) is 43.5 Å². The predicted octanol–water partition coefficient (Wildman–Crippen LogP) is 3.00. The molecule has 0 aliphatic carbocycles. The average Bonchev–Trinajstić information content (AvgIpc) is 3.12. The molecule has 0 fully saturated rings. The van der Waals surface area contributed by atoms with Gasteiger partial charge in [-0.1, -0.05) is 26.0 Å². The van der Waals surface area contributed by atoms with Crippen LogP contribution in [0.2, 0.25) is 0 Å². The summed E-state index contributed by atoms with van der Waals surface area (Å²) in [5.74, 6) is 0.538. The Morgan fingerprint density at radius 3 is 2.42 bits per heavy atom. The molecule has 1 aromatic carbocycles. The molecule has 6 heteroatoms. The molecule has 1 heterocycles. The number of carbonyl (C=O) groups excluding carboxylic acids is 2. The summed E-state index contributed by atoms with van der Waals surface area (Å²) in [4.78, 5) is 24.1. The van der Waals surface area contributed by atoms with Crippen LogP contribution in [0.1, 0.15) is 35.8 Å². The van der Waals surface area contributed by atoms with Crippen molar-refractivity contribution in [3.05, 3.63) is 52.2 Å². The minimum atomic E-state index is -0.239. The van der Waals surface area contributed by atoms with Gasteiger partial charge < -0.3 is 15.4 Å². The third kappa shape index (κ3) is 4.83. The van der Waals surface area contributed by atoms with Crippen LogP contribution in [0.3, 0.4) is 0 Å². The van der Waals surface area contributed by atoms with E-state index in [0.717, 1.165) is 11.3 Å². The molecule has 0 aliphatic rings. The Labute approximate surface area is 146 Å². The summed E-state index contributed by atoms with van der Waals surface area (Å²) in [6, 6.07) is 9.22. The quantitative estimate of drug-likeness (QED) is 0.810. The summed E-state index contributed by atoms with van der Waals surface area (Å²) in [7, 11) is 1.62. The normalized spacial score (nSPS) is 11.8. The maximum atomic E-state index is 12.2. The number of methoxy groups -OCH3 is 1. The number of nitrogens with one attached hydrogen (secondary N) is 2. The highest BCUT2D eigenvalue weighted by Crippen LogP contribution is 2.23. The second-order valence-corrected chi connectivity index (χ2v) is 6.54. The summed E-state index contributed by atoms with van der Waals surface area (Å²) in [5.41, 5.74) is 1.58. The van der Waals surface area contributed by atoms with Crippen LogP contribution < -0.4 is 15.4 Å². The number of carbonyl (C=O) groups is 2. The molecule has 0 aliphatic heterocycles. The highest BCUT2D eigenvalue weighted by molar-refractivity contribution is 7.08. The van der Waals surface area contributed by atoms with Crippen LogP contribution in [0.15, 0.2) is 41.1 Å². The Bertz CT molecular complexity index is 666. The number of hydrogen-bond acceptors (Lipinski definition) is 4. The van der Waals surface area contributed by atoms with Crippen LogP contribution in [0.4, 0.5) is 0 Å². The molecule has 1 aromatic heterocycles. The van der Waals surface area contributed by atoms with E-state index in [1.54, 1.807) is 18.6 Å². The van der Waals surface area contributed by atoms with Gasteiger partial charge in [-0.25, -0.2) is 0 Å². The first-order valence-electron chi connectivity index (χ1n) is 7.75. The molecule has 2 N–H and O–H groups in total. The smallest absolute Gasteiger partial charge is 0.252 e. The highest BCUT2D eigenvalue weighted by Gasteiger charge is 2.19. The van der Waals surface area contributed by atoms with Crippen molar-refractivity contribution in [1.82, 2.24) is 10.6 Å². The van der Waals surface area contributed by atoms with E-state index in [2.05, 4.69) is 10.6 Å².